The first-order valence-corrected chi connectivity index (χ1v) is 10.6. The first-order chi connectivity index (χ1) is 14.1. The molecule has 0 saturated heterocycles. The predicted octanol–water partition coefficient (Wildman–Crippen LogP) is 5.24. The van der Waals surface area contributed by atoms with Gasteiger partial charge < -0.3 is 4.74 Å². The third-order valence-corrected chi connectivity index (χ3v) is 5.98. The molecule has 146 valence electrons. The fraction of sp³-hybridized carbons (Fsp3) is 0.136. The zero-order valence-electron chi connectivity index (χ0n) is 15.7. The smallest absolute Gasteiger partial charge is 0.233 e. The Kier molecular flexibility index (Phi) is 5.87. The number of methoxy groups -OCH3 is 1. The van der Waals surface area contributed by atoms with Crippen LogP contribution in [0, 0.1) is 0 Å². The molecule has 0 aliphatic rings. The summed E-state index contributed by atoms with van der Waals surface area (Å²) in [5.74, 6) is 0.752. The van der Waals surface area contributed by atoms with Gasteiger partial charge in [0.25, 0.3) is 0 Å². The molecule has 2 aromatic heterocycles. The Hall–Kier alpha value is -2.77. The van der Waals surface area contributed by atoms with Crippen molar-refractivity contribution in [1.82, 2.24) is 9.97 Å². The maximum Gasteiger partial charge on any atom is 0.233 e. The van der Waals surface area contributed by atoms with Crippen LogP contribution < -0.4 is 9.64 Å². The van der Waals surface area contributed by atoms with Crippen molar-refractivity contribution in [1.29, 1.82) is 0 Å². The van der Waals surface area contributed by atoms with Crippen molar-refractivity contribution in [3.05, 3.63) is 82.6 Å². The largest absolute Gasteiger partial charge is 0.497 e. The number of benzene rings is 2. The molecule has 0 radical (unpaired) electrons. The number of amides is 1. The molecule has 5 nitrogen and oxygen atoms in total. The van der Waals surface area contributed by atoms with Crippen LogP contribution in [0.2, 0.25) is 0 Å². The van der Waals surface area contributed by atoms with E-state index in [1.807, 2.05) is 54.6 Å². The summed E-state index contributed by atoms with van der Waals surface area (Å²) >= 11 is 5.00. The number of rotatable bonds is 6. The highest BCUT2D eigenvalue weighted by atomic mass is 79.9. The van der Waals surface area contributed by atoms with Gasteiger partial charge in [-0.1, -0.05) is 45.5 Å². The summed E-state index contributed by atoms with van der Waals surface area (Å²) in [5.41, 5.74) is 2.76. The standard InChI is InChI=1S/C22H18BrN3O2S/c1-28-18-7-4-15(5-8-18)11-21(27)26(14-16-3-2-10-24-13-16)22-25-19-9-6-17(23)12-20(19)29-22/h2-10,12-13H,11,14H2,1H3. The van der Waals surface area contributed by atoms with Crippen molar-refractivity contribution < 1.29 is 9.53 Å². The molecule has 0 saturated carbocycles. The lowest BCUT2D eigenvalue weighted by Gasteiger charge is -2.20. The molecule has 7 heteroatoms. The number of carbonyl (C=O) groups is 1. The van der Waals surface area contributed by atoms with Crippen molar-refractivity contribution >= 4 is 48.5 Å². The molecule has 0 aliphatic heterocycles. The van der Waals surface area contributed by atoms with Gasteiger partial charge in [0.15, 0.2) is 5.13 Å². The lowest BCUT2D eigenvalue weighted by atomic mass is 10.1. The van der Waals surface area contributed by atoms with Gasteiger partial charge in [0.1, 0.15) is 5.75 Å². The number of hydrogen-bond acceptors (Lipinski definition) is 5. The minimum absolute atomic E-state index is 0.0165. The fourth-order valence-electron chi connectivity index (χ4n) is 2.95. The van der Waals surface area contributed by atoms with E-state index in [2.05, 4.69) is 20.9 Å². The van der Waals surface area contributed by atoms with Crippen molar-refractivity contribution in [3.8, 4) is 5.75 Å². The Bertz CT molecular complexity index is 1130. The topological polar surface area (TPSA) is 55.3 Å². The predicted molar refractivity (Wildman–Crippen MR) is 119 cm³/mol. The summed E-state index contributed by atoms with van der Waals surface area (Å²) in [6, 6.07) is 17.3. The quantitative estimate of drug-likeness (QED) is 0.389. The Labute approximate surface area is 181 Å². The van der Waals surface area contributed by atoms with Crippen molar-refractivity contribution in [2.24, 2.45) is 0 Å². The van der Waals surface area contributed by atoms with Crippen LogP contribution in [0.3, 0.4) is 0 Å². The molecule has 0 spiro atoms. The first-order valence-electron chi connectivity index (χ1n) is 9.00. The maximum atomic E-state index is 13.2. The molecule has 0 bridgehead atoms. The number of halogens is 1. The van der Waals surface area contributed by atoms with Crippen LogP contribution in [0.25, 0.3) is 10.2 Å². The Morgan fingerprint density at radius 3 is 2.69 bits per heavy atom. The number of fused-ring (bicyclic) bond motifs is 1. The normalized spacial score (nSPS) is 10.8. The number of carbonyl (C=O) groups excluding carboxylic acids is 1. The van der Waals surface area contributed by atoms with Crippen LogP contribution in [0.4, 0.5) is 5.13 Å². The maximum absolute atomic E-state index is 13.2. The van der Waals surface area contributed by atoms with E-state index < -0.39 is 0 Å². The van der Waals surface area contributed by atoms with Crippen LogP contribution in [-0.2, 0) is 17.8 Å². The van der Waals surface area contributed by atoms with Crippen molar-refractivity contribution in [3.63, 3.8) is 0 Å². The van der Waals surface area contributed by atoms with Gasteiger partial charge in [-0.15, -0.1) is 0 Å². The molecular weight excluding hydrogens is 450 g/mol. The third kappa shape index (κ3) is 4.63. The van der Waals surface area contributed by atoms with E-state index in [1.54, 1.807) is 24.4 Å². The summed E-state index contributed by atoms with van der Waals surface area (Å²) in [4.78, 5) is 23.9. The van der Waals surface area contributed by atoms with Gasteiger partial charge in [-0.05, 0) is 47.5 Å². The minimum Gasteiger partial charge on any atom is -0.497 e. The van der Waals surface area contributed by atoms with E-state index in [0.717, 1.165) is 31.6 Å². The molecule has 0 fully saturated rings. The lowest BCUT2D eigenvalue weighted by Crippen LogP contribution is -2.31. The Morgan fingerprint density at radius 1 is 1.14 bits per heavy atom. The lowest BCUT2D eigenvalue weighted by molar-refractivity contribution is -0.118. The highest BCUT2D eigenvalue weighted by molar-refractivity contribution is 9.10. The van der Waals surface area contributed by atoms with Crippen LogP contribution in [0.1, 0.15) is 11.1 Å². The molecule has 0 N–H and O–H groups in total. The average molecular weight is 468 g/mol. The summed E-state index contributed by atoms with van der Waals surface area (Å²) < 4.78 is 7.22. The molecule has 4 aromatic rings. The SMILES string of the molecule is COc1ccc(CC(=O)N(Cc2cccnc2)c2nc3ccc(Br)cc3s2)cc1. The van der Waals surface area contributed by atoms with E-state index >= 15 is 0 Å². The number of hydrogen-bond donors (Lipinski definition) is 0. The molecule has 0 aliphatic carbocycles. The van der Waals surface area contributed by atoms with Gasteiger partial charge in [0.05, 0.1) is 30.3 Å². The van der Waals surface area contributed by atoms with E-state index in [0.29, 0.717) is 11.7 Å². The number of ether oxygens (including phenoxy) is 1. The summed E-state index contributed by atoms with van der Waals surface area (Å²) in [6.45, 7) is 0.420. The number of anilines is 1. The van der Waals surface area contributed by atoms with Crippen LogP contribution >= 0.6 is 27.3 Å². The van der Waals surface area contributed by atoms with E-state index in [4.69, 9.17) is 9.72 Å². The van der Waals surface area contributed by atoms with Gasteiger partial charge in [-0.2, -0.15) is 0 Å². The highest BCUT2D eigenvalue weighted by Gasteiger charge is 2.21. The molecular formula is C22H18BrN3O2S. The van der Waals surface area contributed by atoms with Crippen molar-refractivity contribution in [2.75, 3.05) is 12.0 Å². The van der Waals surface area contributed by atoms with Gasteiger partial charge in [0.2, 0.25) is 5.91 Å². The molecule has 2 heterocycles. The fourth-order valence-corrected chi connectivity index (χ4v) is 4.49. The van der Waals surface area contributed by atoms with E-state index in [9.17, 15) is 4.79 Å². The first kappa shape index (κ1) is 19.5. The zero-order valence-corrected chi connectivity index (χ0v) is 18.1. The second-order valence-electron chi connectivity index (χ2n) is 6.47. The number of thiazole rings is 1. The summed E-state index contributed by atoms with van der Waals surface area (Å²) in [6.07, 6.45) is 3.78. The molecule has 4 rings (SSSR count). The second kappa shape index (κ2) is 8.71. The molecule has 1 amide bonds. The van der Waals surface area contributed by atoms with Crippen LogP contribution in [-0.4, -0.2) is 23.0 Å². The Morgan fingerprint density at radius 2 is 1.97 bits per heavy atom. The highest BCUT2D eigenvalue weighted by Crippen LogP contribution is 2.32. The van der Waals surface area contributed by atoms with Crippen molar-refractivity contribution in [2.45, 2.75) is 13.0 Å². The minimum atomic E-state index is -0.0165. The summed E-state index contributed by atoms with van der Waals surface area (Å²) in [7, 11) is 1.63. The number of pyridine rings is 1. The second-order valence-corrected chi connectivity index (χ2v) is 8.40. The van der Waals surface area contributed by atoms with E-state index in [-0.39, 0.29) is 12.3 Å². The van der Waals surface area contributed by atoms with Gasteiger partial charge in [0, 0.05) is 16.9 Å². The number of nitrogens with zero attached hydrogens (tertiary/aromatic N) is 3. The molecule has 0 atom stereocenters. The monoisotopic (exact) mass is 467 g/mol. The van der Waals surface area contributed by atoms with E-state index in [1.165, 1.54) is 11.3 Å². The molecule has 2 aromatic carbocycles. The van der Waals surface area contributed by atoms with Gasteiger partial charge in [-0.3, -0.25) is 14.7 Å². The zero-order chi connectivity index (χ0) is 20.2. The molecule has 0 unspecified atom stereocenters. The Balaban J connectivity index is 1.65. The van der Waals surface area contributed by atoms with Crippen LogP contribution in [0.15, 0.2) is 71.5 Å². The number of aromatic nitrogens is 2. The van der Waals surface area contributed by atoms with Crippen LogP contribution in [0.5, 0.6) is 5.75 Å². The molecule has 29 heavy (non-hydrogen) atoms. The third-order valence-electron chi connectivity index (χ3n) is 4.45. The summed E-state index contributed by atoms with van der Waals surface area (Å²) in [5, 5.41) is 0.681. The average Bonchev–Trinajstić information content (AvgIpc) is 3.16. The van der Waals surface area contributed by atoms with Gasteiger partial charge >= 0.3 is 0 Å². The van der Waals surface area contributed by atoms with Gasteiger partial charge in [-0.25, -0.2) is 4.98 Å².